The Kier molecular flexibility index (Phi) is 5.71. The summed E-state index contributed by atoms with van der Waals surface area (Å²) in [5.41, 5.74) is 1.21. The van der Waals surface area contributed by atoms with Crippen LogP contribution in [-0.2, 0) is 9.84 Å². The molecule has 0 aliphatic carbocycles. The molecule has 1 aliphatic heterocycles. The van der Waals surface area contributed by atoms with E-state index in [0.29, 0.717) is 39.0 Å². The number of carbonyl (C=O) groups excluding carboxylic acids is 1. The topological polar surface area (TPSA) is 108 Å². The van der Waals surface area contributed by atoms with Crippen LogP contribution in [0.25, 0.3) is 10.2 Å². The highest BCUT2D eigenvalue weighted by Gasteiger charge is 2.27. The lowest BCUT2D eigenvalue weighted by molar-refractivity contribution is 0.103. The third kappa shape index (κ3) is 4.02. The summed E-state index contributed by atoms with van der Waals surface area (Å²) in [5, 5.41) is 1.84. The molecule has 1 aromatic carbocycles. The number of aromatic nitrogens is 2. The first kappa shape index (κ1) is 21.3. The van der Waals surface area contributed by atoms with E-state index >= 15 is 0 Å². The van der Waals surface area contributed by atoms with Crippen molar-refractivity contribution in [3.8, 4) is 17.2 Å². The lowest BCUT2D eigenvalue weighted by Crippen LogP contribution is -2.41. The van der Waals surface area contributed by atoms with E-state index in [-0.39, 0.29) is 36.1 Å². The van der Waals surface area contributed by atoms with Crippen LogP contribution in [0.5, 0.6) is 17.2 Å². The Balaban J connectivity index is 1.79. The van der Waals surface area contributed by atoms with Gasteiger partial charge in [-0.1, -0.05) is 0 Å². The first-order chi connectivity index (χ1) is 14.9. The summed E-state index contributed by atoms with van der Waals surface area (Å²) in [6, 6.07) is 4.98. The minimum absolute atomic E-state index is 0.0359. The molecular formula is C20H21N3O6S2. The fraction of sp³-hybridized carbons (Fsp3) is 0.350. The normalized spacial score (nSPS) is 15.6. The molecule has 11 heteroatoms. The molecule has 31 heavy (non-hydrogen) atoms. The van der Waals surface area contributed by atoms with E-state index in [9.17, 15) is 13.2 Å². The van der Waals surface area contributed by atoms with Gasteiger partial charge in [-0.2, -0.15) is 0 Å². The lowest BCUT2D eigenvalue weighted by Gasteiger charge is -2.26. The van der Waals surface area contributed by atoms with Gasteiger partial charge in [0.05, 0.1) is 43.1 Å². The summed E-state index contributed by atoms with van der Waals surface area (Å²) in [6.45, 7) is 0.575. The van der Waals surface area contributed by atoms with Crippen LogP contribution in [0.1, 0.15) is 16.1 Å². The van der Waals surface area contributed by atoms with Gasteiger partial charge < -0.3 is 19.1 Å². The van der Waals surface area contributed by atoms with Gasteiger partial charge in [0, 0.05) is 18.7 Å². The highest BCUT2D eigenvalue weighted by Crippen LogP contribution is 2.39. The number of ketones is 1. The van der Waals surface area contributed by atoms with Gasteiger partial charge in [0.25, 0.3) is 0 Å². The highest BCUT2D eigenvalue weighted by molar-refractivity contribution is 7.91. The zero-order chi connectivity index (χ0) is 22.2. The average molecular weight is 464 g/mol. The lowest BCUT2D eigenvalue weighted by atomic mass is 10.1. The molecule has 0 unspecified atom stereocenters. The van der Waals surface area contributed by atoms with Crippen molar-refractivity contribution in [1.82, 2.24) is 9.97 Å². The predicted octanol–water partition coefficient (Wildman–Crippen LogP) is 2.18. The maximum Gasteiger partial charge on any atom is 0.226 e. The molecule has 2 aromatic heterocycles. The largest absolute Gasteiger partial charge is 0.493 e. The summed E-state index contributed by atoms with van der Waals surface area (Å²) in [5.74, 6) is 1.21. The molecule has 3 heterocycles. The number of nitrogens with zero attached hydrogens (tertiary/aromatic N) is 3. The second-order valence-electron chi connectivity index (χ2n) is 6.89. The number of carbonyl (C=O) groups is 1. The number of hydrogen-bond acceptors (Lipinski definition) is 10. The number of anilines is 1. The molecule has 9 nitrogen and oxygen atoms in total. The Morgan fingerprint density at radius 3 is 2.26 bits per heavy atom. The number of fused-ring (bicyclic) bond motifs is 1. The van der Waals surface area contributed by atoms with Gasteiger partial charge in [0.15, 0.2) is 21.3 Å². The summed E-state index contributed by atoms with van der Waals surface area (Å²) in [4.78, 5) is 24.4. The number of rotatable bonds is 6. The van der Waals surface area contributed by atoms with Crippen molar-refractivity contribution in [2.75, 3.05) is 50.8 Å². The van der Waals surface area contributed by atoms with Gasteiger partial charge in [0.2, 0.25) is 17.5 Å². The first-order valence-corrected chi connectivity index (χ1v) is 12.1. The molecule has 0 amide bonds. The fourth-order valence-corrected chi connectivity index (χ4v) is 5.43. The molecule has 0 saturated carbocycles. The van der Waals surface area contributed by atoms with Gasteiger partial charge in [-0.25, -0.2) is 18.4 Å². The Labute approximate surface area is 183 Å². The van der Waals surface area contributed by atoms with E-state index in [4.69, 9.17) is 14.2 Å². The van der Waals surface area contributed by atoms with E-state index in [2.05, 4.69) is 9.97 Å². The fourth-order valence-electron chi connectivity index (χ4n) is 3.41. The van der Waals surface area contributed by atoms with Crippen molar-refractivity contribution in [2.24, 2.45) is 0 Å². The van der Waals surface area contributed by atoms with E-state index < -0.39 is 9.84 Å². The number of methoxy groups -OCH3 is 3. The number of thiophene rings is 1. The first-order valence-electron chi connectivity index (χ1n) is 9.42. The van der Waals surface area contributed by atoms with Crippen molar-refractivity contribution < 1.29 is 27.4 Å². The van der Waals surface area contributed by atoms with E-state index in [1.54, 1.807) is 17.0 Å². The maximum atomic E-state index is 13.5. The molecule has 0 radical (unpaired) electrons. The number of sulfone groups is 1. The van der Waals surface area contributed by atoms with Crippen molar-refractivity contribution in [2.45, 2.75) is 0 Å². The zero-order valence-electron chi connectivity index (χ0n) is 17.2. The molecule has 3 aromatic rings. The molecule has 164 valence electrons. The van der Waals surface area contributed by atoms with E-state index in [0.717, 1.165) is 0 Å². The maximum absolute atomic E-state index is 13.5. The smallest absolute Gasteiger partial charge is 0.226 e. The standard InChI is InChI=1S/C20H21N3O6S2/c1-27-14-10-12(11-15(28-2)18(14)29-3)17(24)16-19-13(4-7-30-19)21-20(22-16)23-5-8-31(25,26)9-6-23/h4,7,10-11H,5-6,8-9H2,1-3H3. The molecular weight excluding hydrogens is 442 g/mol. The van der Waals surface area contributed by atoms with Crippen molar-refractivity contribution in [1.29, 1.82) is 0 Å². The summed E-state index contributed by atoms with van der Waals surface area (Å²) < 4.78 is 40.3. The molecule has 0 atom stereocenters. The van der Waals surface area contributed by atoms with Gasteiger partial charge in [-0.05, 0) is 23.6 Å². The SMILES string of the molecule is COc1cc(C(=O)c2nc(N3CCS(=O)(=O)CC3)nc3ccsc23)cc(OC)c1OC. The zero-order valence-corrected chi connectivity index (χ0v) is 18.9. The average Bonchev–Trinajstić information content (AvgIpc) is 3.25. The Morgan fingerprint density at radius 2 is 1.68 bits per heavy atom. The molecule has 1 saturated heterocycles. The van der Waals surface area contributed by atoms with E-state index in [1.165, 1.54) is 32.7 Å². The van der Waals surface area contributed by atoms with Gasteiger partial charge in [0.1, 0.15) is 5.69 Å². The van der Waals surface area contributed by atoms with Crippen LogP contribution in [0.2, 0.25) is 0 Å². The predicted molar refractivity (Wildman–Crippen MR) is 118 cm³/mol. The van der Waals surface area contributed by atoms with Crippen LogP contribution in [-0.4, -0.2) is 70.1 Å². The minimum atomic E-state index is -3.05. The quantitative estimate of drug-likeness (QED) is 0.508. The second-order valence-corrected chi connectivity index (χ2v) is 10.1. The monoisotopic (exact) mass is 463 g/mol. The number of benzene rings is 1. The Morgan fingerprint density at radius 1 is 1.03 bits per heavy atom. The molecule has 0 bridgehead atoms. The van der Waals surface area contributed by atoms with Crippen molar-refractivity contribution in [3.63, 3.8) is 0 Å². The van der Waals surface area contributed by atoms with Crippen LogP contribution >= 0.6 is 11.3 Å². The van der Waals surface area contributed by atoms with Crippen molar-refractivity contribution >= 4 is 43.1 Å². The highest BCUT2D eigenvalue weighted by atomic mass is 32.2. The van der Waals surface area contributed by atoms with E-state index in [1.807, 2.05) is 11.4 Å². The van der Waals surface area contributed by atoms with Crippen molar-refractivity contribution in [3.05, 3.63) is 34.8 Å². The van der Waals surface area contributed by atoms with Crippen LogP contribution in [0.4, 0.5) is 5.95 Å². The van der Waals surface area contributed by atoms with Crippen LogP contribution in [0.3, 0.4) is 0 Å². The third-order valence-corrected chi connectivity index (χ3v) is 7.58. The summed E-state index contributed by atoms with van der Waals surface area (Å²) in [7, 11) is 1.41. The number of ether oxygens (including phenoxy) is 3. The van der Waals surface area contributed by atoms with Gasteiger partial charge in [-0.3, -0.25) is 4.79 Å². The number of hydrogen-bond donors (Lipinski definition) is 0. The second kappa shape index (κ2) is 8.31. The Bertz CT molecular complexity index is 1220. The molecule has 4 rings (SSSR count). The third-order valence-electron chi connectivity index (χ3n) is 5.06. The molecule has 1 aliphatic rings. The molecule has 0 spiro atoms. The van der Waals surface area contributed by atoms with Crippen LogP contribution in [0, 0.1) is 0 Å². The molecule has 0 N–H and O–H groups in total. The summed E-state index contributed by atoms with van der Waals surface area (Å²) >= 11 is 1.37. The molecule has 1 fully saturated rings. The van der Waals surface area contributed by atoms with Gasteiger partial charge in [-0.15, -0.1) is 11.3 Å². The van der Waals surface area contributed by atoms with Crippen LogP contribution < -0.4 is 19.1 Å². The van der Waals surface area contributed by atoms with Gasteiger partial charge >= 0.3 is 0 Å². The minimum Gasteiger partial charge on any atom is -0.493 e. The summed E-state index contributed by atoms with van der Waals surface area (Å²) in [6.07, 6.45) is 0. The Hall–Kier alpha value is -2.92. The van der Waals surface area contributed by atoms with Crippen LogP contribution in [0.15, 0.2) is 23.6 Å².